The van der Waals surface area contributed by atoms with Crippen LogP contribution in [0.4, 0.5) is 8.78 Å². The second-order valence-electron chi connectivity index (χ2n) is 6.91. The first-order valence-electron chi connectivity index (χ1n) is 9.37. The van der Waals surface area contributed by atoms with Gasteiger partial charge in [-0.25, -0.2) is 9.37 Å². The van der Waals surface area contributed by atoms with Gasteiger partial charge in [0.2, 0.25) is 0 Å². The van der Waals surface area contributed by atoms with Crippen molar-refractivity contribution in [2.45, 2.75) is 0 Å². The van der Waals surface area contributed by atoms with Crippen LogP contribution in [0.5, 0.6) is 0 Å². The Hall–Kier alpha value is -3.98. The number of thiophene rings is 1. The van der Waals surface area contributed by atoms with E-state index < -0.39 is 5.82 Å². The van der Waals surface area contributed by atoms with E-state index in [9.17, 15) is 4.39 Å². The van der Waals surface area contributed by atoms with Crippen molar-refractivity contribution < 1.29 is 8.78 Å². The summed E-state index contributed by atoms with van der Waals surface area (Å²) in [4.78, 5) is 16.9. The zero-order valence-electron chi connectivity index (χ0n) is 15.7. The van der Waals surface area contributed by atoms with E-state index in [1.807, 2.05) is 18.2 Å². The summed E-state index contributed by atoms with van der Waals surface area (Å²) < 4.78 is 29.1. The third kappa shape index (κ3) is 2.82. The number of benzene rings is 1. The fraction of sp³-hybridized carbons (Fsp3) is 0. The number of rotatable bonds is 3. The fourth-order valence-electron chi connectivity index (χ4n) is 3.65. The predicted molar refractivity (Wildman–Crippen MR) is 115 cm³/mol. The molecule has 31 heavy (non-hydrogen) atoms. The van der Waals surface area contributed by atoms with Crippen LogP contribution in [0.15, 0.2) is 61.1 Å². The van der Waals surface area contributed by atoms with Crippen molar-refractivity contribution in [1.82, 2.24) is 30.1 Å². The number of fused-ring (bicyclic) bond motifs is 2. The molecule has 150 valence electrons. The van der Waals surface area contributed by atoms with Gasteiger partial charge in [0.25, 0.3) is 0 Å². The SMILES string of the molecule is Fc1ccc(-c2cccc3[nH]c(-c4n[nH]c5cnc(-c6cccnc6)c(F)c45)nc23)s1. The van der Waals surface area contributed by atoms with Gasteiger partial charge in [-0.3, -0.25) is 15.1 Å². The molecule has 0 fully saturated rings. The lowest BCUT2D eigenvalue weighted by molar-refractivity contribution is 0.638. The Morgan fingerprint density at radius 1 is 0.903 bits per heavy atom. The maximum absolute atomic E-state index is 15.5. The van der Waals surface area contributed by atoms with Crippen LogP contribution in [-0.4, -0.2) is 30.1 Å². The molecular weight excluding hydrogens is 418 g/mol. The van der Waals surface area contributed by atoms with Crippen LogP contribution >= 0.6 is 11.3 Å². The quantitative estimate of drug-likeness (QED) is 0.385. The molecule has 0 amide bonds. The van der Waals surface area contributed by atoms with Gasteiger partial charge in [-0.15, -0.1) is 11.3 Å². The molecule has 0 saturated heterocycles. The van der Waals surface area contributed by atoms with Crippen LogP contribution in [0.3, 0.4) is 0 Å². The Labute approximate surface area is 177 Å². The van der Waals surface area contributed by atoms with Crippen LogP contribution < -0.4 is 0 Å². The van der Waals surface area contributed by atoms with E-state index in [2.05, 4.69) is 30.1 Å². The molecule has 2 N–H and O–H groups in total. The second-order valence-corrected chi connectivity index (χ2v) is 7.95. The summed E-state index contributed by atoms with van der Waals surface area (Å²) in [6.07, 6.45) is 4.72. The molecule has 0 saturated carbocycles. The number of aromatic nitrogens is 6. The lowest BCUT2D eigenvalue weighted by Crippen LogP contribution is -1.92. The third-order valence-electron chi connectivity index (χ3n) is 5.06. The summed E-state index contributed by atoms with van der Waals surface area (Å²) in [5.41, 5.74) is 3.78. The molecule has 6 nitrogen and oxygen atoms in total. The Balaban J connectivity index is 1.56. The minimum Gasteiger partial charge on any atom is -0.337 e. The maximum Gasteiger partial charge on any atom is 0.176 e. The third-order valence-corrected chi connectivity index (χ3v) is 5.96. The minimum atomic E-state index is -0.504. The van der Waals surface area contributed by atoms with Crippen LogP contribution in [-0.2, 0) is 0 Å². The molecule has 6 aromatic rings. The molecule has 0 aliphatic carbocycles. The first-order chi connectivity index (χ1) is 15.2. The van der Waals surface area contributed by atoms with Gasteiger partial charge in [0, 0.05) is 28.4 Å². The first-order valence-corrected chi connectivity index (χ1v) is 10.2. The highest BCUT2D eigenvalue weighted by Gasteiger charge is 2.21. The maximum atomic E-state index is 15.5. The fourth-order valence-corrected chi connectivity index (χ4v) is 4.41. The number of para-hydroxylation sites is 1. The van der Waals surface area contributed by atoms with Gasteiger partial charge in [0.05, 0.1) is 28.1 Å². The number of aromatic amines is 2. The molecule has 0 spiro atoms. The van der Waals surface area contributed by atoms with Crippen molar-refractivity contribution in [3.8, 4) is 33.2 Å². The monoisotopic (exact) mass is 430 g/mol. The molecule has 9 heteroatoms. The van der Waals surface area contributed by atoms with Gasteiger partial charge in [-0.1, -0.05) is 12.1 Å². The molecule has 0 aliphatic heterocycles. The lowest BCUT2D eigenvalue weighted by atomic mass is 10.1. The summed E-state index contributed by atoms with van der Waals surface area (Å²) in [7, 11) is 0. The van der Waals surface area contributed by atoms with Crippen LogP contribution in [0, 0.1) is 10.9 Å². The highest BCUT2D eigenvalue weighted by molar-refractivity contribution is 7.14. The minimum absolute atomic E-state index is 0.189. The summed E-state index contributed by atoms with van der Waals surface area (Å²) >= 11 is 1.05. The Kier molecular flexibility index (Phi) is 3.90. The van der Waals surface area contributed by atoms with E-state index in [0.717, 1.165) is 27.3 Å². The van der Waals surface area contributed by atoms with Crippen molar-refractivity contribution in [2.24, 2.45) is 0 Å². The number of hydrogen-bond donors (Lipinski definition) is 2. The van der Waals surface area contributed by atoms with Crippen molar-refractivity contribution >= 4 is 33.3 Å². The summed E-state index contributed by atoms with van der Waals surface area (Å²) in [6, 6.07) is 12.2. The lowest BCUT2D eigenvalue weighted by Gasteiger charge is -2.03. The van der Waals surface area contributed by atoms with Gasteiger partial charge >= 0.3 is 0 Å². The molecule has 0 atom stereocenters. The average Bonchev–Trinajstić information content (AvgIpc) is 3.52. The normalized spacial score (nSPS) is 11.5. The summed E-state index contributed by atoms with van der Waals surface area (Å²) in [5, 5.41) is 7.14. The Morgan fingerprint density at radius 3 is 2.65 bits per heavy atom. The summed E-state index contributed by atoms with van der Waals surface area (Å²) in [6.45, 7) is 0. The van der Waals surface area contributed by atoms with E-state index >= 15 is 4.39 Å². The van der Waals surface area contributed by atoms with Gasteiger partial charge in [0.15, 0.2) is 16.8 Å². The van der Waals surface area contributed by atoms with E-state index in [1.54, 1.807) is 36.8 Å². The van der Waals surface area contributed by atoms with Gasteiger partial charge < -0.3 is 4.98 Å². The molecule has 1 aromatic carbocycles. The topological polar surface area (TPSA) is 83.1 Å². The molecule has 6 rings (SSSR count). The smallest absolute Gasteiger partial charge is 0.176 e. The Bertz CT molecular complexity index is 1570. The van der Waals surface area contributed by atoms with E-state index in [0.29, 0.717) is 28.1 Å². The van der Waals surface area contributed by atoms with Gasteiger partial charge in [0.1, 0.15) is 11.4 Å². The Morgan fingerprint density at radius 2 is 1.84 bits per heavy atom. The molecule has 0 bridgehead atoms. The molecule has 0 radical (unpaired) electrons. The average molecular weight is 430 g/mol. The first kappa shape index (κ1) is 17.8. The van der Waals surface area contributed by atoms with Gasteiger partial charge in [-0.05, 0) is 30.3 Å². The van der Waals surface area contributed by atoms with Crippen LogP contribution in [0.25, 0.3) is 55.2 Å². The number of nitrogens with zero attached hydrogens (tertiary/aromatic N) is 4. The number of H-pyrrole nitrogens is 2. The van der Waals surface area contributed by atoms with Crippen molar-refractivity contribution in [3.05, 3.63) is 72.0 Å². The van der Waals surface area contributed by atoms with E-state index in [1.165, 1.54) is 6.07 Å². The van der Waals surface area contributed by atoms with Crippen molar-refractivity contribution in [2.75, 3.05) is 0 Å². The highest BCUT2D eigenvalue weighted by Crippen LogP contribution is 2.35. The zero-order chi connectivity index (χ0) is 20.9. The standard InChI is InChI=1S/C22H12F2N6S/c23-16-7-6-15(31-16)12-4-1-5-13-20(12)28-22(27-13)21-17-14(29-30-21)10-26-19(18(17)24)11-3-2-8-25-9-11/h1-10H,(H,27,28)(H,29,30). The second kappa shape index (κ2) is 6.78. The number of nitrogens with one attached hydrogen (secondary N) is 2. The largest absolute Gasteiger partial charge is 0.337 e. The number of imidazole rings is 1. The van der Waals surface area contributed by atoms with E-state index in [4.69, 9.17) is 0 Å². The molecule has 5 heterocycles. The molecule has 5 aromatic heterocycles. The van der Waals surface area contributed by atoms with Crippen molar-refractivity contribution in [3.63, 3.8) is 0 Å². The predicted octanol–water partition coefficient (Wildman–Crippen LogP) is 5.57. The number of hydrogen-bond acceptors (Lipinski definition) is 5. The highest BCUT2D eigenvalue weighted by atomic mass is 32.1. The zero-order valence-corrected chi connectivity index (χ0v) is 16.5. The van der Waals surface area contributed by atoms with Crippen LogP contribution in [0.1, 0.15) is 0 Å². The van der Waals surface area contributed by atoms with Gasteiger partial charge in [-0.2, -0.15) is 9.49 Å². The summed E-state index contributed by atoms with van der Waals surface area (Å²) in [5.74, 6) is -0.0942. The number of pyridine rings is 2. The number of halogens is 2. The van der Waals surface area contributed by atoms with E-state index in [-0.39, 0.29) is 16.2 Å². The van der Waals surface area contributed by atoms with Crippen molar-refractivity contribution in [1.29, 1.82) is 0 Å². The molecule has 0 aliphatic rings. The molecular formula is C22H12F2N6S. The van der Waals surface area contributed by atoms with Crippen LogP contribution in [0.2, 0.25) is 0 Å². The molecule has 0 unspecified atom stereocenters.